The molecule has 0 bridgehead atoms. The second-order valence-corrected chi connectivity index (χ2v) is 5.70. The first-order chi connectivity index (χ1) is 9.63. The van der Waals surface area contributed by atoms with E-state index in [1.54, 1.807) is 12.3 Å². The number of rotatable bonds is 6. The Balaban J connectivity index is 2.05. The summed E-state index contributed by atoms with van der Waals surface area (Å²) in [4.78, 5) is 11.8. The second-order valence-electron chi connectivity index (χ2n) is 4.39. The maximum absolute atomic E-state index is 11.8. The van der Waals surface area contributed by atoms with Crippen molar-refractivity contribution in [3.8, 4) is 11.6 Å². The third-order valence-electron chi connectivity index (χ3n) is 2.78. The van der Waals surface area contributed by atoms with Gasteiger partial charge in [-0.1, -0.05) is 18.7 Å². The van der Waals surface area contributed by atoms with E-state index in [9.17, 15) is 4.79 Å². The van der Waals surface area contributed by atoms with E-state index < -0.39 is 0 Å². The maximum Gasteiger partial charge on any atom is 0.233 e. The van der Waals surface area contributed by atoms with Crippen LogP contribution in [-0.4, -0.2) is 32.5 Å². The van der Waals surface area contributed by atoms with Crippen molar-refractivity contribution in [2.24, 2.45) is 7.05 Å². The summed E-state index contributed by atoms with van der Waals surface area (Å²) in [5.41, 5.74) is 0. The molecule has 0 aliphatic heterocycles. The number of furan rings is 1. The topological polar surface area (TPSA) is 73.0 Å². The lowest BCUT2D eigenvalue weighted by Crippen LogP contribution is -2.31. The number of carbonyl (C=O) groups is 1. The fourth-order valence-electron chi connectivity index (χ4n) is 1.64. The fourth-order valence-corrected chi connectivity index (χ4v) is 2.48. The van der Waals surface area contributed by atoms with Crippen LogP contribution in [0.4, 0.5) is 0 Å². The lowest BCUT2D eigenvalue weighted by atomic mass is 10.4. The maximum atomic E-state index is 11.8. The molecule has 0 fully saturated rings. The first-order valence-corrected chi connectivity index (χ1v) is 7.39. The predicted octanol–water partition coefficient (Wildman–Crippen LogP) is 2.08. The number of aromatic nitrogens is 3. The molecule has 7 heteroatoms. The molecule has 1 amide bonds. The molecule has 1 unspecified atom stereocenters. The number of hydrogen-bond donors (Lipinski definition) is 1. The summed E-state index contributed by atoms with van der Waals surface area (Å²) in [6.07, 6.45) is 2.52. The number of hydrogen-bond acceptors (Lipinski definition) is 5. The normalized spacial score (nSPS) is 12.3. The van der Waals surface area contributed by atoms with E-state index in [-0.39, 0.29) is 11.2 Å². The van der Waals surface area contributed by atoms with E-state index in [1.807, 2.05) is 31.5 Å². The summed E-state index contributed by atoms with van der Waals surface area (Å²) in [6.45, 7) is 4.58. The van der Waals surface area contributed by atoms with Crippen LogP contribution in [0.5, 0.6) is 0 Å². The van der Waals surface area contributed by atoms with Gasteiger partial charge in [-0.2, -0.15) is 0 Å². The highest BCUT2D eigenvalue weighted by Gasteiger charge is 2.19. The van der Waals surface area contributed by atoms with Gasteiger partial charge in [0.15, 0.2) is 16.7 Å². The van der Waals surface area contributed by atoms with Crippen LogP contribution in [-0.2, 0) is 11.8 Å². The molecule has 2 heterocycles. The van der Waals surface area contributed by atoms with E-state index in [2.05, 4.69) is 15.5 Å². The first-order valence-electron chi connectivity index (χ1n) is 6.51. The molecule has 1 N–H and O–H groups in total. The Bertz CT molecular complexity index is 565. The Morgan fingerprint density at radius 3 is 3.00 bits per heavy atom. The third-order valence-corrected chi connectivity index (χ3v) is 3.91. The van der Waals surface area contributed by atoms with Crippen molar-refractivity contribution >= 4 is 17.7 Å². The highest BCUT2D eigenvalue weighted by atomic mass is 32.2. The Kier molecular flexibility index (Phi) is 4.84. The smallest absolute Gasteiger partial charge is 0.233 e. The molecule has 6 nitrogen and oxygen atoms in total. The molecule has 2 aromatic heterocycles. The van der Waals surface area contributed by atoms with Crippen LogP contribution in [0, 0.1) is 0 Å². The van der Waals surface area contributed by atoms with Crippen LogP contribution in [0.15, 0.2) is 28.0 Å². The van der Waals surface area contributed by atoms with Gasteiger partial charge in [0, 0.05) is 13.6 Å². The van der Waals surface area contributed by atoms with E-state index >= 15 is 0 Å². The summed E-state index contributed by atoms with van der Waals surface area (Å²) < 4.78 is 7.13. The average molecular weight is 294 g/mol. The molecule has 0 aliphatic carbocycles. The van der Waals surface area contributed by atoms with Gasteiger partial charge in [-0.25, -0.2) is 0 Å². The van der Waals surface area contributed by atoms with Crippen molar-refractivity contribution in [1.82, 2.24) is 20.1 Å². The van der Waals surface area contributed by atoms with Crippen molar-refractivity contribution in [1.29, 1.82) is 0 Å². The van der Waals surface area contributed by atoms with Crippen molar-refractivity contribution in [2.75, 3.05) is 6.54 Å². The minimum absolute atomic E-state index is 0.0133. The quantitative estimate of drug-likeness (QED) is 0.826. The van der Waals surface area contributed by atoms with Crippen LogP contribution < -0.4 is 5.32 Å². The van der Waals surface area contributed by atoms with E-state index in [0.29, 0.717) is 23.3 Å². The van der Waals surface area contributed by atoms with Gasteiger partial charge in [0.1, 0.15) is 0 Å². The highest BCUT2D eigenvalue weighted by Crippen LogP contribution is 2.25. The van der Waals surface area contributed by atoms with Gasteiger partial charge < -0.3 is 14.3 Å². The fraction of sp³-hybridized carbons (Fsp3) is 0.462. The molecule has 108 valence electrons. The molecule has 0 spiro atoms. The van der Waals surface area contributed by atoms with Crippen molar-refractivity contribution in [3.63, 3.8) is 0 Å². The molecule has 20 heavy (non-hydrogen) atoms. The number of nitrogens with one attached hydrogen (secondary N) is 1. The number of amides is 1. The molecule has 2 aromatic rings. The Hall–Kier alpha value is -1.76. The molecule has 0 aromatic carbocycles. The van der Waals surface area contributed by atoms with Crippen LogP contribution in [0.3, 0.4) is 0 Å². The van der Waals surface area contributed by atoms with Crippen LogP contribution in [0.2, 0.25) is 0 Å². The predicted molar refractivity (Wildman–Crippen MR) is 77.3 cm³/mol. The summed E-state index contributed by atoms with van der Waals surface area (Å²) >= 11 is 1.38. The lowest BCUT2D eigenvalue weighted by Gasteiger charge is -2.10. The number of carbonyl (C=O) groups excluding carboxylic acids is 1. The molecule has 0 aliphatic rings. The average Bonchev–Trinajstić information content (AvgIpc) is 3.07. The standard InChI is InChI=1S/C13H18N4O2S/c1-4-7-14-12(18)9(2)20-13-16-15-11(17(13)3)10-6-5-8-19-10/h5-6,8-9H,4,7H2,1-3H3,(H,14,18). The summed E-state index contributed by atoms with van der Waals surface area (Å²) in [5.74, 6) is 1.33. The van der Waals surface area contributed by atoms with Crippen LogP contribution >= 0.6 is 11.8 Å². The van der Waals surface area contributed by atoms with Gasteiger partial charge in [-0.15, -0.1) is 10.2 Å². The Morgan fingerprint density at radius 1 is 1.55 bits per heavy atom. The number of nitrogens with zero attached hydrogens (tertiary/aromatic N) is 3. The van der Waals surface area contributed by atoms with Crippen molar-refractivity contribution in [3.05, 3.63) is 18.4 Å². The summed E-state index contributed by atoms with van der Waals surface area (Å²) in [7, 11) is 1.86. The monoisotopic (exact) mass is 294 g/mol. The van der Waals surface area contributed by atoms with Gasteiger partial charge in [-0.05, 0) is 25.5 Å². The lowest BCUT2D eigenvalue weighted by molar-refractivity contribution is -0.120. The first kappa shape index (κ1) is 14.6. The summed E-state index contributed by atoms with van der Waals surface area (Å²) in [6, 6.07) is 3.63. The van der Waals surface area contributed by atoms with Crippen molar-refractivity contribution in [2.45, 2.75) is 30.7 Å². The van der Waals surface area contributed by atoms with Crippen LogP contribution in [0.25, 0.3) is 11.6 Å². The summed E-state index contributed by atoms with van der Waals surface area (Å²) in [5, 5.41) is 11.6. The highest BCUT2D eigenvalue weighted by molar-refractivity contribution is 8.00. The number of thioether (sulfide) groups is 1. The van der Waals surface area contributed by atoms with Crippen molar-refractivity contribution < 1.29 is 9.21 Å². The molecule has 0 saturated carbocycles. The molecular formula is C13H18N4O2S. The molecule has 0 radical (unpaired) electrons. The van der Waals surface area contributed by atoms with E-state index in [1.165, 1.54) is 11.8 Å². The molecule has 1 atom stereocenters. The van der Waals surface area contributed by atoms with Gasteiger partial charge in [-0.3, -0.25) is 4.79 Å². The zero-order valence-electron chi connectivity index (χ0n) is 11.8. The van der Waals surface area contributed by atoms with Crippen LogP contribution in [0.1, 0.15) is 20.3 Å². The second kappa shape index (κ2) is 6.60. The Morgan fingerprint density at radius 2 is 2.35 bits per heavy atom. The zero-order valence-corrected chi connectivity index (χ0v) is 12.6. The SMILES string of the molecule is CCCNC(=O)C(C)Sc1nnc(-c2ccco2)n1C. The van der Waals surface area contributed by atoms with Gasteiger partial charge in [0.2, 0.25) is 5.91 Å². The molecule has 2 rings (SSSR count). The molecule has 0 saturated heterocycles. The minimum atomic E-state index is -0.214. The minimum Gasteiger partial charge on any atom is -0.461 e. The van der Waals surface area contributed by atoms with Gasteiger partial charge >= 0.3 is 0 Å². The largest absolute Gasteiger partial charge is 0.461 e. The third kappa shape index (κ3) is 3.22. The van der Waals surface area contributed by atoms with Gasteiger partial charge in [0.25, 0.3) is 0 Å². The van der Waals surface area contributed by atoms with E-state index in [0.717, 1.165) is 6.42 Å². The van der Waals surface area contributed by atoms with E-state index in [4.69, 9.17) is 4.42 Å². The Labute approximate surface area is 121 Å². The zero-order chi connectivity index (χ0) is 14.5. The van der Waals surface area contributed by atoms with Gasteiger partial charge in [0.05, 0.1) is 11.5 Å². The molecular weight excluding hydrogens is 276 g/mol.